The zero-order valence-electron chi connectivity index (χ0n) is 22.8. The topological polar surface area (TPSA) is 267 Å². The summed E-state index contributed by atoms with van der Waals surface area (Å²) < 4.78 is 0. The second kappa shape index (κ2) is 22.1. The molecule has 0 rings (SSSR count). The lowest BCUT2D eigenvalue weighted by Gasteiger charge is -2.20. The molecule has 10 N–H and O–H groups in total. The predicted molar refractivity (Wildman–Crippen MR) is 152 cm³/mol. The van der Waals surface area contributed by atoms with E-state index in [1.807, 2.05) is 6.26 Å². The van der Waals surface area contributed by atoms with Gasteiger partial charge in [-0.25, -0.2) is 0 Å². The van der Waals surface area contributed by atoms with Crippen molar-refractivity contribution < 1.29 is 43.5 Å². The number of rotatable bonds is 21. The van der Waals surface area contributed by atoms with Crippen LogP contribution < -0.4 is 43.0 Å². The smallest absolute Gasteiger partial charge is 0.322 e. The van der Waals surface area contributed by atoms with Gasteiger partial charge in [-0.3, -0.25) is 38.4 Å². The van der Waals surface area contributed by atoms with Gasteiger partial charge in [0, 0.05) is 0 Å². The Bertz CT molecular complexity index is 939. The zero-order valence-corrected chi connectivity index (χ0v) is 24.5. The summed E-state index contributed by atoms with van der Waals surface area (Å²) in [7, 11) is 0. The fourth-order valence-corrected chi connectivity index (χ4v) is 3.75. The third-order valence-corrected chi connectivity index (χ3v) is 6.17. The third-order valence-electron chi connectivity index (χ3n) is 4.89. The van der Waals surface area contributed by atoms with E-state index in [-0.39, 0.29) is 25.9 Å². The Kier molecular flexibility index (Phi) is 20.2. The molecule has 2 atom stereocenters. The van der Waals surface area contributed by atoms with Gasteiger partial charge in [0.15, 0.2) is 0 Å². The van der Waals surface area contributed by atoms with Gasteiger partial charge in [0.2, 0.25) is 41.4 Å². The van der Waals surface area contributed by atoms with Crippen LogP contribution in [0.1, 0.15) is 12.8 Å². The molecule has 0 aromatic carbocycles. The van der Waals surface area contributed by atoms with E-state index in [2.05, 4.69) is 37.2 Å². The first-order chi connectivity index (χ1) is 19.4. The number of amides is 7. The Balaban J connectivity index is 4.85. The molecule has 19 heteroatoms. The van der Waals surface area contributed by atoms with Crippen molar-refractivity contribution >= 4 is 70.8 Å². The maximum absolute atomic E-state index is 12.6. The molecule has 41 heavy (non-hydrogen) atoms. The highest BCUT2D eigenvalue weighted by molar-refractivity contribution is 7.98. The van der Waals surface area contributed by atoms with Crippen LogP contribution in [0.4, 0.5) is 0 Å². The normalized spacial score (nSPS) is 11.7. The summed E-state index contributed by atoms with van der Waals surface area (Å²) in [6.07, 6.45) is 4.08. The second-order valence-electron chi connectivity index (χ2n) is 8.17. The Morgan fingerprint density at radius 2 is 0.951 bits per heavy atom. The fraction of sp³-hybridized carbons (Fsp3) is 0.636. The van der Waals surface area contributed by atoms with Gasteiger partial charge in [-0.2, -0.15) is 23.5 Å². The monoisotopic (exact) mass is 622 g/mol. The number of nitrogens with one attached hydrogen (secondary N) is 7. The largest absolute Gasteiger partial charge is 0.480 e. The van der Waals surface area contributed by atoms with Crippen molar-refractivity contribution in [1.82, 2.24) is 37.2 Å². The van der Waals surface area contributed by atoms with Crippen molar-refractivity contribution in [3.63, 3.8) is 0 Å². The number of nitrogens with two attached hydrogens (primary N) is 1. The Hall–Kier alpha value is -3.58. The SMILES string of the molecule is CSCC[C@H](NC(=O)CNC(=O)CN)C(=O)NCC(=O)N[C@@H](CCSC)C(=O)NCC(=O)NCC(=O)NCC(=O)O. The minimum absolute atomic E-state index is 0.215. The van der Waals surface area contributed by atoms with Gasteiger partial charge in [0.05, 0.1) is 32.7 Å². The molecule has 0 saturated carbocycles. The molecular formula is C22H38N8O9S2. The van der Waals surface area contributed by atoms with Crippen LogP contribution in [0, 0.1) is 0 Å². The quantitative estimate of drug-likeness (QED) is 0.0583. The maximum atomic E-state index is 12.6. The van der Waals surface area contributed by atoms with Crippen molar-refractivity contribution in [2.24, 2.45) is 5.73 Å². The molecular weight excluding hydrogens is 584 g/mol. The van der Waals surface area contributed by atoms with Gasteiger partial charge in [-0.15, -0.1) is 0 Å². The molecule has 7 amide bonds. The lowest BCUT2D eigenvalue weighted by Crippen LogP contribution is -2.54. The summed E-state index contributed by atoms with van der Waals surface area (Å²) in [4.78, 5) is 94.8. The van der Waals surface area contributed by atoms with Crippen LogP contribution in [-0.2, 0) is 38.4 Å². The molecule has 232 valence electrons. The van der Waals surface area contributed by atoms with Crippen molar-refractivity contribution in [1.29, 1.82) is 0 Å². The standard InChI is InChI=1S/C22H38N8O9S2/c1-40-5-3-13(21(38)27-9-17(33)25-8-16(32)26-12-20(36)37)30-19(35)11-28-22(39)14(4-6-41-2)29-18(34)10-24-15(31)7-23/h13-14H,3-12,23H2,1-2H3,(H,24,31)(H,25,33)(H,26,32)(H,27,38)(H,28,39)(H,29,34)(H,30,35)(H,36,37)/t13-,14-/m0/s1. The van der Waals surface area contributed by atoms with Crippen molar-refractivity contribution in [3.8, 4) is 0 Å². The Labute approximate surface area is 245 Å². The van der Waals surface area contributed by atoms with E-state index in [0.717, 1.165) is 0 Å². The lowest BCUT2D eigenvalue weighted by atomic mass is 10.2. The van der Waals surface area contributed by atoms with Crippen LogP contribution in [0.5, 0.6) is 0 Å². The van der Waals surface area contributed by atoms with Gasteiger partial charge >= 0.3 is 5.97 Å². The molecule has 0 radical (unpaired) electrons. The summed E-state index contributed by atoms with van der Waals surface area (Å²) in [5.74, 6) is -4.83. The average molecular weight is 623 g/mol. The molecule has 0 spiro atoms. The van der Waals surface area contributed by atoms with Crippen molar-refractivity contribution in [2.45, 2.75) is 24.9 Å². The molecule has 0 aliphatic carbocycles. The third kappa shape index (κ3) is 19.2. The van der Waals surface area contributed by atoms with Crippen molar-refractivity contribution in [2.75, 3.05) is 63.3 Å². The number of carboxylic acids is 1. The Morgan fingerprint density at radius 3 is 1.37 bits per heavy atom. The van der Waals surface area contributed by atoms with Crippen molar-refractivity contribution in [3.05, 3.63) is 0 Å². The summed E-state index contributed by atoms with van der Waals surface area (Å²) in [5.41, 5.74) is 5.17. The van der Waals surface area contributed by atoms with Crippen LogP contribution in [0.25, 0.3) is 0 Å². The first-order valence-electron chi connectivity index (χ1n) is 12.3. The molecule has 0 fully saturated rings. The minimum atomic E-state index is -1.25. The van der Waals surface area contributed by atoms with Gasteiger partial charge in [-0.05, 0) is 36.9 Å². The minimum Gasteiger partial charge on any atom is -0.480 e. The molecule has 0 saturated heterocycles. The number of thioether (sulfide) groups is 2. The average Bonchev–Trinajstić information content (AvgIpc) is 2.95. The van der Waals surface area contributed by atoms with E-state index in [1.165, 1.54) is 23.5 Å². The van der Waals surface area contributed by atoms with Crippen LogP contribution in [0.2, 0.25) is 0 Å². The van der Waals surface area contributed by atoms with Gasteiger partial charge in [-0.1, -0.05) is 0 Å². The van der Waals surface area contributed by atoms with Gasteiger partial charge < -0.3 is 48.1 Å². The number of hydrogen-bond acceptors (Lipinski definition) is 11. The Morgan fingerprint density at radius 1 is 0.585 bits per heavy atom. The van der Waals surface area contributed by atoms with E-state index >= 15 is 0 Å². The first kappa shape index (κ1) is 37.4. The van der Waals surface area contributed by atoms with Crippen LogP contribution >= 0.6 is 23.5 Å². The van der Waals surface area contributed by atoms with E-state index in [4.69, 9.17) is 10.8 Å². The summed E-state index contributed by atoms with van der Waals surface area (Å²) in [6, 6.07) is -2.01. The first-order valence-corrected chi connectivity index (χ1v) is 15.1. The lowest BCUT2D eigenvalue weighted by molar-refractivity contribution is -0.138. The van der Waals surface area contributed by atoms with Gasteiger partial charge in [0.25, 0.3) is 0 Å². The summed E-state index contributed by atoms with van der Waals surface area (Å²) in [5, 5.41) is 24.8. The summed E-state index contributed by atoms with van der Waals surface area (Å²) in [6.45, 7) is -2.77. The number of carbonyl (C=O) groups is 8. The molecule has 17 nitrogen and oxygen atoms in total. The van der Waals surface area contributed by atoms with E-state index in [0.29, 0.717) is 11.5 Å². The number of aliphatic carboxylic acids is 1. The molecule has 0 heterocycles. The molecule has 0 aliphatic heterocycles. The molecule has 0 aliphatic rings. The van der Waals surface area contributed by atoms with E-state index in [1.54, 1.807) is 6.26 Å². The molecule has 0 bridgehead atoms. The van der Waals surface area contributed by atoms with E-state index < -0.39 is 85.6 Å². The molecule has 0 aromatic rings. The highest BCUT2D eigenvalue weighted by Crippen LogP contribution is 2.02. The van der Waals surface area contributed by atoms with E-state index in [9.17, 15) is 38.4 Å². The summed E-state index contributed by atoms with van der Waals surface area (Å²) >= 11 is 2.86. The highest BCUT2D eigenvalue weighted by atomic mass is 32.2. The zero-order chi connectivity index (χ0) is 31.2. The molecule has 0 unspecified atom stereocenters. The predicted octanol–water partition coefficient (Wildman–Crippen LogP) is -4.91. The van der Waals surface area contributed by atoms with Gasteiger partial charge in [0.1, 0.15) is 18.6 Å². The van der Waals surface area contributed by atoms with Crippen LogP contribution in [-0.4, -0.2) is 128 Å². The van der Waals surface area contributed by atoms with Crippen LogP contribution in [0.3, 0.4) is 0 Å². The second-order valence-corrected chi connectivity index (χ2v) is 10.1. The molecule has 0 aromatic heterocycles. The number of hydrogen-bond donors (Lipinski definition) is 9. The number of carboxylic acid groups (broad SMARTS) is 1. The van der Waals surface area contributed by atoms with Crippen LogP contribution in [0.15, 0.2) is 0 Å². The number of carbonyl (C=O) groups excluding carboxylic acids is 7. The fourth-order valence-electron chi connectivity index (χ4n) is 2.81. The highest BCUT2D eigenvalue weighted by Gasteiger charge is 2.24. The maximum Gasteiger partial charge on any atom is 0.322 e.